The molecule has 1 heterocycles. The van der Waals surface area contributed by atoms with E-state index >= 15 is 0 Å². The average molecular weight is 276 g/mol. The van der Waals surface area contributed by atoms with Crippen molar-refractivity contribution in [3.05, 3.63) is 36.0 Å². The second-order valence-corrected chi connectivity index (χ2v) is 4.97. The molecule has 1 aliphatic carbocycles. The summed E-state index contributed by atoms with van der Waals surface area (Å²) in [6.07, 6.45) is 1.70. The minimum atomic E-state index is -0.568. The molecule has 1 amide bonds. The molecule has 1 aromatic heterocycles. The van der Waals surface area contributed by atoms with E-state index in [-0.39, 0.29) is 0 Å². The Morgan fingerprint density at radius 3 is 2.84 bits per heavy atom. The average Bonchev–Trinajstić information content (AvgIpc) is 3.16. The molecule has 19 heavy (non-hydrogen) atoms. The Labute approximate surface area is 113 Å². The van der Waals surface area contributed by atoms with Crippen LogP contribution in [0.25, 0.3) is 0 Å². The van der Waals surface area contributed by atoms with Crippen molar-refractivity contribution in [1.82, 2.24) is 15.0 Å². The molecule has 1 fully saturated rings. The molecule has 0 unspecified atom stereocenters. The molecule has 0 atom stereocenters. The number of ether oxygens (including phenoxy) is 1. The third kappa shape index (κ3) is 3.00. The zero-order valence-electron chi connectivity index (χ0n) is 10.00. The first-order valence-corrected chi connectivity index (χ1v) is 6.71. The van der Waals surface area contributed by atoms with Gasteiger partial charge in [-0.2, -0.15) is 0 Å². The van der Waals surface area contributed by atoms with Gasteiger partial charge in [-0.05, 0) is 25.0 Å². The van der Waals surface area contributed by atoms with Gasteiger partial charge in [-0.3, -0.25) is 5.43 Å². The van der Waals surface area contributed by atoms with E-state index in [1.54, 1.807) is 24.3 Å². The lowest BCUT2D eigenvalue weighted by molar-refractivity contribution is 0.203. The number of nitrogens with zero attached hydrogens (tertiary/aromatic N) is 2. The van der Waals surface area contributed by atoms with Gasteiger partial charge in [0.25, 0.3) is 0 Å². The number of rotatable bonds is 4. The van der Waals surface area contributed by atoms with Crippen LogP contribution in [0.1, 0.15) is 24.5 Å². The number of anilines is 1. The Hall–Kier alpha value is -2.15. The molecule has 0 aliphatic heterocycles. The number of carbonyl (C=O) groups excluding carboxylic acids is 1. The van der Waals surface area contributed by atoms with E-state index in [4.69, 9.17) is 4.74 Å². The summed E-state index contributed by atoms with van der Waals surface area (Å²) < 4.78 is 8.96. The lowest BCUT2D eigenvalue weighted by atomic mass is 10.3. The van der Waals surface area contributed by atoms with Crippen molar-refractivity contribution in [2.75, 3.05) is 5.43 Å². The second kappa shape index (κ2) is 5.23. The van der Waals surface area contributed by atoms with Crippen molar-refractivity contribution in [2.45, 2.75) is 18.8 Å². The van der Waals surface area contributed by atoms with Gasteiger partial charge in [0.2, 0.25) is 0 Å². The van der Waals surface area contributed by atoms with E-state index in [0.717, 1.165) is 23.5 Å². The van der Waals surface area contributed by atoms with Crippen molar-refractivity contribution in [2.24, 2.45) is 0 Å². The van der Waals surface area contributed by atoms with Crippen LogP contribution in [0.4, 0.5) is 9.80 Å². The van der Waals surface area contributed by atoms with Gasteiger partial charge in [-0.15, -0.1) is 5.10 Å². The summed E-state index contributed by atoms with van der Waals surface area (Å²) >= 11 is 1.22. The Morgan fingerprint density at radius 2 is 2.11 bits per heavy atom. The van der Waals surface area contributed by atoms with Crippen LogP contribution in [-0.4, -0.2) is 15.7 Å². The van der Waals surface area contributed by atoms with Crippen molar-refractivity contribution < 1.29 is 9.53 Å². The number of hydrazine groups is 1. The minimum absolute atomic E-state index is 0.480. The predicted octanol–water partition coefficient (Wildman–Crippen LogP) is 2.53. The van der Waals surface area contributed by atoms with Crippen molar-refractivity contribution >= 4 is 22.6 Å². The standard InChI is InChI=1S/C12H12N4O2S/c17-12(18-9-4-2-1-3-5-9)15-14-11-10(8-6-7-8)13-16-19-11/h1-5,8,14H,6-7H2,(H,15,17). The molecule has 1 saturated carbocycles. The van der Waals surface area contributed by atoms with Crippen LogP contribution in [0, 0.1) is 0 Å². The van der Waals surface area contributed by atoms with Gasteiger partial charge in [-0.25, -0.2) is 10.2 Å². The zero-order chi connectivity index (χ0) is 13.1. The van der Waals surface area contributed by atoms with Crippen LogP contribution in [0.2, 0.25) is 0 Å². The maximum Gasteiger partial charge on any atom is 0.431 e. The highest BCUT2D eigenvalue weighted by molar-refractivity contribution is 7.10. The number of hydrogen-bond donors (Lipinski definition) is 2. The van der Waals surface area contributed by atoms with Crippen LogP contribution in [-0.2, 0) is 0 Å². The van der Waals surface area contributed by atoms with Gasteiger partial charge < -0.3 is 4.74 Å². The highest BCUT2D eigenvalue weighted by atomic mass is 32.1. The van der Waals surface area contributed by atoms with Crippen molar-refractivity contribution in [1.29, 1.82) is 0 Å². The summed E-state index contributed by atoms with van der Waals surface area (Å²) in [5.41, 5.74) is 6.20. The Kier molecular flexibility index (Phi) is 3.28. The molecule has 0 bridgehead atoms. The van der Waals surface area contributed by atoms with Gasteiger partial charge in [0.1, 0.15) is 11.4 Å². The molecule has 0 radical (unpaired) electrons. The Bertz CT molecular complexity index is 568. The monoisotopic (exact) mass is 276 g/mol. The third-order valence-electron chi connectivity index (χ3n) is 2.71. The number of carbonyl (C=O) groups is 1. The van der Waals surface area contributed by atoms with Crippen LogP contribution < -0.4 is 15.6 Å². The highest BCUT2D eigenvalue weighted by Gasteiger charge is 2.29. The van der Waals surface area contributed by atoms with Gasteiger partial charge in [0.05, 0.1) is 0 Å². The minimum Gasteiger partial charge on any atom is -0.409 e. The van der Waals surface area contributed by atoms with Crippen LogP contribution in [0.15, 0.2) is 30.3 Å². The molecule has 0 saturated heterocycles. The third-order valence-corrected chi connectivity index (χ3v) is 3.37. The summed E-state index contributed by atoms with van der Waals surface area (Å²) in [6.45, 7) is 0. The lowest BCUT2D eigenvalue weighted by Gasteiger charge is -2.07. The van der Waals surface area contributed by atoms with Gasteiger partial charge in [0, 0.05) is 17.5 Å². The van der Waals surface area contributed by atoms with Gasteiger partial charge >= 0.3 is 6.09 Å². The summed E-state index contributed by atoms with van der Waals surface area (Å²) in [6, 6.07) is 8.88. The van der Waals surface area contributed by atoms with Crippen LogP contribution >= 0.6 is 11.5 Å². The number of para-hydroxylation sites is 1. The highest BCUT2D eigenvalue weighted by Crippen LogP contribution is 2.42. The number of nitrogens with one attached hydrogen (secondary N) is 2. The molecule has 6 nitrogen and oxygen atoms in total. The first-order chi connectivity index (χ1) is 9.33. The summed E-state index contributed by atoms with van der Waals surface area (Å²) in [4.78, 5) is 11.6. The summed E-state index contributed by atoms with van der Waals surface area (Å²) in [5.74, 6) is 0.972. The Morgan fingerprint density at radius 1 is 1.32 bits per heavy atom. The topological polar surface area (TPSA) is 76.1 Å². The first-order valence-electron chi connectivity index (χ1n) is 5.94. The number of benzene rings is 1. The van der Waals surface area contributed by atoms with Gasteiger partial charge in [0.15, 0.2) is 5.00 Å². The smallest absolute Gasteiger partial charge is 0.409 e. The summed E-state index contributed by atoms with van der Waals surface area (Å²) in [7, 11) is 0. The first kappa shape index (κ1) is 11.9. The number of hydrogen-bond acceptors (Lipinski definition) is 6. The number of amides is 1. The van der Waals surface area contributed by atoms with Crippen LogP contribution in [0.3, 0.4) is 0 Å². The van der Waals surface area contributed by atoms with E-state index in [2.05, 4.69) is 20.4 Å². The molecular formula is C12H12N4O2S. The maximum absolute atomic E-state index is 11.6. The molecule has 1 aromatic carbocycles. The van der Waals surface area contributed by atoms with E-state index in [1.807, 2.05) is 6.07 Å². The van der Waals surface area contributed by atoms with Crippen molar-refractivity contribution in [3.8, 4) is 5.75 Å². The maximum atomic E-state index is 11.6. The molecule has 3 rings (SSSR count). The lowest BCUT2D eigenvalue weighted by Crippen LogP contribution is -2.32. The molecule has 2 N–H and O–H groups in total. The summed E-state index contributed by atoms with van der Waals surface area (Å²) in [5, 5.41) is 4.82. The normalized spacial score (nSPS) is 13.9. The van der Waals surface area contributed by atoms with E-state index in [0.29, 0.717) is 11.7 Å². The van der Waals surface area contributed by atoms with E-state index in [9.17, 15) is 4.79 Å². The van der Waals surface area contributed by atoms with E-state index in [1.165, 1.54) is 11.5 Å². The molecule has 98 valence electrons. The van der Waals surface area contributed by atoms with Crippen LogP contribution in [0.5, 0.6) is 5.75 Å². The fourth-order valence-corrected chi connectivity index (χ4v) is 2.25. The zero-order valence-corrected chi connectivity index (χ0v) is 10.8. The largest absolute Gasteiger partial charge is 0.431 e. The number of aromatic nitrogens is 2. The molecule has 0 spiro atoms. The molecule has 7 heteroatoms. The van der Waals surface area contributed by atoms with Gasteiger partial charge in [-0.1, -0.05) is 22.7 Å². The molecule has 2 aromatic rings. The fraction of sp³-hybridized carbons (Fsp3) is 0.250. The SMILES string of the molecule is O=C(NNc1snnc1C1CC1)Oc1ccccc1. The fourth-order valence-electron chi connectivity index (χ4n) is 1.64. The van der Waals surface area contributed by atoms with E-state index < -0.39 is 6.09 Å². The van der Waals surface area contributed by atoms with Crippen molar-refractivity contribution in [3.63, 3.8) is 0 Å². The predicted molar refractivity (Wildman–Crippen MR) is 71.1 cm³/mol. The quantitative estimate of drug-likeness (QED) is 0.839. The second-order valence-electron chi connectivity index (χ2n) is 4.21. The molecule has 1 aliphatic rings. The molecular weight excluding hydrogens is 264 g/mol. The Balaban J connectivity index is 1.54.